The maximum atomic E-state index is 15.9. The van der Waals surface area contributed by atoms with Gasteiger partial charge in [0.25, 0.3) is 5.91 Å². The highest BCUT2D eigenvalue weighted by Gasteiger charge is 2.34. The highest BCUT2D eigenvalue weighted by molar-refractivity contribution is 7.20. The van der Waals surface area contributed by atoms with Crippen LogP contribution < -0.4 is 30.2 Å². The van der Waals surface area contributed by atoms with Crippen LogP contribution in [0.2, 0.25) is 0 Å². The first-order chi connectivity index (χ1) is 27.3. The van der Waals surface area contributed by atoms with Crippen molar-refractivity contribution in [3.63, 3.8) is 0 Å². The van der Waals surface area contributed by atoms with Crippen LogP contribution in [0.1, 0.15) is 73.7 Å². The Morgan fingerprint density at radius 2 is 1.58 bits per heavy atom. The Labute approximate surface area is 332 Å². The van der Waals surface area contributed by atoms with Gasteiger partial charge in [-0.3, -0.25) is 19.2 Å². The average molecular weight is 822 g/mol. The van der Waals surface area contributed by atoms with E-state index in [-0.39, 0.29) is 129 Å². The first kappa shape index (κ1) is 44.6. The van der Waals surface area contributed by atoms with E-state index in [1.165, 1.54) is 25.2 Å². The molecule has 1 aromatic heterocycles. The van der Waals surface area contributed by atoms with Gasteiger partial charge < -0.3 is 43.9 Å². The number of nitrogens with two attached hydrogens (primary N) is 1. The molecule has 0 bridgehead atoms. The number of ketones is 1. The van der Waals surface area contributed by atoms with Crippen LogP contribution in [0.3, 0.4) is 0 Å². The number of methoxy groups -OCH3 is 2. The zero-order valence-electron chi connectivity index (χ0n) is 32.7. The molecule has 57 heavy (non-hydrogen) atoms. The van der Waals surface area contributed by atoms with Gasteiger partial charge >= 0.3 is 11.9 Å². The quantitative estimate of drug-likeness (QED) is 0.0596. The van der Waals surface area contributed by atoms with Crippen LogP contribution in [0.15, 0.2) is 18.2 Å². The molecule has 15 nitrogen and oxygen atoms in total. The molecule has 2 heterocycles. The Kier molecular flexibility index (Phi) is 16.8. The Morgan fingerprint density at radius 3 is 2.23 bits per heavy atom. The summed E-state index contributed by atoms with van der Waals surface area (Å²) in [7, 11) is 2.71. The fourth-order valence-electron chi connectivity index (χ4n) is 5.92. The number of nitrogens with zero attached hydrogens (tertiary/aromatic N) is 1. The summed E-state index contributed by atoms with van der Waals surface area (Å²) < 4.78 is 64.4. The molecule has 1 aliphatic rings. The van der Waals surface area contributed by atoms with Gasteiger partial charge in [-0.15, -0.1) is 11.3 Å². The highest BCUT2D eigenvalue weighted by atomic mass is 32.1. The van der Waals surface area contributed by atoms with E-state index < -0.39 is 41.3 Å². The van der Waals surface area contributed by atoms with Gasteiger partial charge in [-0.25, -0.2) is 13.6 Å². The molecule has 0 spiro atoms. The summed E-state index contributed by atoms with van der Waals surface area (Å²) in [4.78, 5) is 69.2. The van der Waals surface area contributed by atoms with Gasteiger partial charge in [-0.1, -0.05) is 13.8 Å². The molecule has 3 aromatic rings. The van der Waals surface area contributed by atoms with Gasteiger partial charge in [0.1, 0.15) is 0 Å². The normalized spacial score (nSPS) is 12.6. The summed E-state index contributed by atoms with van der Waals surface area (Å²) in [6, 6.07) is 4.57. The minimum atomic E-state index is -0.883. The number of esters is 1. The van der Waals surface area contributed by atoms with Crippen molar-refractivity contribution in [2.75, 3.05) is 53.8 Å². The molecule has 0 fully saturated rings. The molecule has 2 aromatic carbocycles. The van der Waals surface area contributed by atoms with Crippen LogP contribution in [0.5, 0.6) is 23.0 Å². The molecule has 3 N–H and O–H groups in total. The lowest BCUT2D eigenvalue weighted by Crippen LogP contribution is -2.36. The van der Waals surface area contributed by atoms with Crippen molar-refractivity contribution in [1.29, 1.82) is 0 Å². The Hall–Kier alpha value is -5.07. The number of hydrogen-bond acceptors (Lipinski definition) is 14. The third-order valence-electron chi connectivity index (χ3n) is 8.99. The van der Waals surface area contributed by atoms with E-state index in [0.717, 1.165) is 11.3 Å². The number of carbonyl (C=O) groups is 5. The van der Waals surface area contributed by atoms with Gasteiger partial charge in [-0.2, -0.15) is 5.48 Å². The number of hydrogen-bond donors (Lipinski definition) is 2. The number of Topliss-reactive ketones (excluding diaryl/α,β-unsaturated/α-hetero) is 1. The van der Waals surface area contributed by atoms with E-state index in [4.69, 9.17) is 39.0 Å². The largest absolute Gasteiger partial charge is 0.493 e. The van der Waals surface area contributed by atoms with Gasteiger partial charge in [0.15, 0.2) is 40.4 Å². The predicted molar refractivity (Wildman–Crippen MR) is 203 cm³/mol. The van der Waals surface area contributed by atoms with E-state index in [2.05, 4.69) is 5.48 Å². The maximum absolute atomic E-state index is 15.9. The van der Waals surface area contributed by atoms with E-state index in [0.29, 0.717) is 16.8 Å². The van der Waals surface area contributed by atoms with E-state index >= 15 is 8.78 Å². The second kappa shape index (κ2) is 21.5. The van der Waals surface area contributed by atoms with Crippen molar-refractivity contribution in [2.45, 2.75) is 66.0 Å². The SMILES string of the molecule is CCOC(=O)CCC(=O)c1cc2c(F)c(OCCCOc3c(OC)cc4c(c3F)CN(C(=O)C[C@H](C(=O)ONC(=O)CCOCCN)C(C)C)C4)c(OC)cc2s1. The van der Waals surface area contributed by atoms with Gasteiger partial charge in [-0.05, 0) is 30.5 Å². The Balaban J connectivity index is 1.33. The first-order valence-corrected chi connectivity index (χ1v) is 19.3. The molecule has 18 heteroatoms. The van der Waals surface area contributed by atoms with Crippen LogP contribution in [0.4, 0.5) is 8.78 Å². The fourth-order valence-corrected chi connectivity index (χ4v) is 6.97. The number of hydroxylamine groups is 1. The fraction of sp³-hybridized carbons (Fsp3) is 0.513. The predicted octanol–water partition coefficient (Wildman–Crippen LogP) is 5.01. The zero-order chi connectivity index (χ0) is 41.6. The number of rotatable bonds is 22. The molecule has 0 saturated carbocycles. The summed E-state index contributed by atoms with van der Waals surface area (Å²) in [5.41, 5.74) is 8.17. The van der Waals surface area contributed by atoms with Crippen LogP contribution >= 0.6 is 11.3 Å². The number of amides is 2. The van der Waals surface area contributed by atoms with E-state index in [1.807, 2.05) is 0 Å². The maximum Gasteiger partial charge on any atom is 0.336 e. The van der Waals surface area contributed by atoms with Crippen LogP contribution in [-0.2, 0) is 46.6 Å². The molecule has 0 aliphatic carbocycles. The summed E-state index contributed by atoms with van der Waals surface area (Å²) in [6.45, 7) is 5.97. The second-order valence-corrected chi connectivity index (χ2v) is 14.4. The molecule has 0 saturated heterocycles. The standard InChI is InChI=1S/C39H49F2N3O12S/c1-6-53-34(48)9-8-27(45)31-17-25-30(57-31)19-29(51-5)38(35(25)40)55-13-7-12-54-37-28(50-4)16-23-20-44(21-26(23)36(37)41)33(47)18-24(22(2)3)39(49)56-43-32(46)10-14-52-15-11-42/h16-17,19,22,24H,6-15,18,20-21,42H2,1-5H3,(H,43,46)/t24-/m0/s1. The number of halogens is 2. The summed E-state index contributed by atoms with van der Waals surface area (Å²) in [6.07, 6.45) is -0.243. The first-order valence-electron chi connectivity index (χ1n) is 18.5. The molecule has 0 unspecified atom stereocenters. The zero-order valence-corrected chi connectivity index (χ0v) is 33.5. The second-order valence-electron chi connectivity index (χ2n) is 13.3. The van der Waals surface area contributed by atoms with E-state index in [1.54, 1.807) is 32.9 Å². The minimum Gasteiger partial charge on any atom is -0.493 e. The molecule has 0 radical (unpaired) electrons. The lowest BCUT2D eigenvalue weighted by molar-refractivity contribution is -0.165. The van der Waals surface area contributed by atoms with Crippen LogP contribution in [-0.4, -0.2) is 88.2 Å². The average Bonchev–Trinajstić information content (AvgIpc) is 3.83. The number of carbonyl (C=O) groups excluding carboxylic acids is 5. The third kappa shape index (κ3) is 11.7. The number of nitrogens with one attached hydrogen (secondary N) is 1. The summed E-state index contributed by atoms with van der Waals surface area (Å²) in [5.74, 6) is -5.31. The third-order valence-corrected chi connectivity index (χ3v) is 10.1. The van der Waals surface area contributed by atoms with Crippen molar-refractivity contribution in [1.82, 2.24) is 10.4 Å². The topological polar surface area (TPSA) is 191 Å². The Morgan fingerprint density at radius 1 is 0.895 bits per heavy atom. The van der Waals surface area contributed by atoms with Crippen molar-refractivity contribution in [3.8, 4) is 23.0 Å². The van der Waals surface area contributed by atoms with Gasteiger partial charge in [0.05, 0.1) is 70.9 Å². The van der Waals surface area contributed by atoms with Crippen molar-refractivity contribution in [2.24, 2.45) is 17.6 Å². The number of fused-ring (bicyclic) bond motifs is 2. The monoisotopic (exact) mass is 821 g/mol. The number of thiophene rings is 1. The number of ether oxygens (including phenoxy) is 6. The lowest BCUT2D eigenvalue weighted by Gasteiger charge is -2.22. The molecular formula is C39H49F2N3O12S. The minimum absolute atomic E-state index is 0.0439. The van der Waals surface area contributed by atoms with Crippen molar-refractivity contribution >= 4 is 51.0 Å². The van der Waals surface area contributed by atoms with Gasteiger partial charge in [0, 0.05) is 60.6 Å². The van der Waals surface area contributed by atoms with Crippen LogP contribution in [0.25, 0.3) is 10.1 Å². The highest BCUT2D eigenvalue weighted by Crippen LogP contribution is 2.41. The smallest absolute Gasteiger partial charge is 0.336 e. The summed E-state index contributed by atoms with van der Waals surface area (Å²) in [5, 5.41) is 0.161. The summed E-state index contributed by atoms with van der Waals surface area (Å²) >= 11 is 1.07. The molecule has 312 valence electrons. The van der Waals surface area contributed by atoms with Gasteiger partial charge in [0.2, 0.25) is 5.91 Å². The molecule has 4 rings (SSSR count). The molecule has 1 aliphatic heterocycles. The van der Waals surface area contributed by atoms with Crippen LogP contribution in [0, 0.1) is 23.5 Å². The Bertz CT molecular complexity index is 1920. The lowest BCUT2D eigenvalue weighted by atomic mass is 9.92. The number of benzene rings is 2. The molecule has 1 atom stereocenters. The van der Waals surface area contributed by atoms with Crippen molar-refractivity contribution in [3.05, 3.63) is 45.8 Å². The van der Waals surface area contributed by atoms with E-state index in [9.17, 15) is 24.0 Å². The van der Waals surface area contributed by atoms with Crippen molar-refractivity contribution < 1.29 is 66.0 Å². The molecule has 2 amide bonds. The molecular weight excluding hydrogens is 773 g/mol.